The SMILES string of the molecule is CCOC(=O)c1cc([N+](=O)[O-])cc2c1-c1ccc(C(=O)O)cc1C2=C(C#N)C#N. The number of ether oxygens (including phenoxy) is 1. The van der Waals surface area contributed by atoms with Crippen LogP contribution in [0.5, 0.6) is 0 Å². The number of hydrogen-bond donors (Lipinski definition) is 1. The first-order valence-corrected chi connectivity index (χ1v) is 8.26. The predicted molar refractivity (Wildman–Crippen MR) is 98.7 cm³/mol. The van der Waals surface area contributed by atoms with Crippen LogP contribution in [0, 0.1) is 32.8 Å². The van der Waals surface area contributed by atoms with E-state index in [9.17, 15) is 35.3 Å². The van der Waals surface area contributed by atoms with Crippen molar-refractivity contribution in [1.82, 2.24) is 0 Å². The summed E-state index contributed by atoms with van der Waals surface area (Å²) in [5, 5.41) is 39.5. The topological polar surface area (TPSA) is 154 Å². The van der Waals surface area contributed by atoms with Crippen molar-refractivity contribution in [3.63, 3.8) is 0 Å². The molecule has 1 aliphatic rings. The van der Waals surface area contributed by atoms with Crippen molar-refractivity contribution in [3.8, 4) is 23.3 Å². The third-order valence-electron chi connectivity index (χ3n) is 4.38. The number of non-ortho nitro benzene ring substituents is 1. The molecule has 142 valence electrons. The number of esters is 1. The predicted octanol–water partition coefficient (Wildman–Crippen LogP) is 3.30. The average molecular weight is 389 g/mol. The average Bonchev–Trinajstić information content (AvgIpc) is 3.02. The minimum absolute atomic E-state index is 0.0332. The lowest BCUT2D eigenvalue weighted by molar-refractivity contribution is -0.384. The van der Waals surface area contributed by atoms with Gasteiger partial charge in [0.1, 0.15) is 17.7 Å². The minimum Gasteiger partial charge on any atom is -0.478 e. The Balaban J connectivity index is 2.49. The van der Waals surface area contributed by atoms with Crippen molar-refractivity contribution in [2.24, 2.45) is 0 Å². The van der Waals surface area contributed by atoms with Gasteiger partial charge in [-0.2, -0.15) is 10.5 Å². The lowest BCUT2D eigenvalue weighted by atomic mass is 9.96. The highest BCUT2D eigenvalue weighted by Crippen LogP contribution is 2.49. The van der Waals surface area contributed by atoms with Gasteiger partial charge in [-0.05, 0) is 35.7 Å². The van der Waals surface area contributed by atoms with Gasteiger partial charge in [0.05, 0.1) is 22.7 Å². The molecule has 0 aliphatic heterocycles. The fraction of sp³-hybridized carbons (Fsp3) is 0.100. The normalized spacial score (nSPS) is 10.9. The van der Waals surface area contributed by atoms with E-state index in [0.29, 0.717) is 5.56 Å². The quantitative estimate of drug-likeness (QED) is 0.308. The Morgan fingerprint density at radius 2 is 1.83 bits per heavy atom. The summed E-state index contributed by atoms with van der Waals surface area (Å²) in [6.07, 6.45) is 0. The third kappa shape index (κ3) is 3.07. The van der Waals surface area contributed by atoms with E-state index in [1.165, 1.54) is 18.2 Å². The van der Waals surface area contributed by atoms with E-state index in [1.807, 2.05) is 0 Å². The summed E-state index contributed by atoms with van der Waals surface area (Å²) in [7, 11) is 0. The highest BCUT2D eigenvalue weighted by Gasteiger charge is 2.34. The number of allylic oxidation sites excluding steroid dienone is 1. The molecule has 9 heteroatoms. The first kappa shape index (κ1) is 19.3. The number of carboxylic acids is 1. The summed E-state index contributed by atoms with van der Waals surface area (Å²) in [6, 6.07) is 9.69. The monoisotopic (exact) mass is 389 g/mol. The van der Waals surface area contributed by atoms with Gasteiger partial charge in [-0.1, -0.05) is 6.07 Å². The molecule has 0 aromatic heterocycles. The fourth-order valence-corrected chi connectivity index (χ4v) is 3.24. The first-order chi connectivity index (χ1) is 13.8. The number of carbonyl (C=O) groups is 2. The van der Waals surface area contributed by atoms with E-state index in [1.54, 1.807) is 19.1 Å². The van der Waals surface area contributed by atoms with E-state index in [2.05, 4.69) is 0 Å². The van der Waals surface area contributed by atoms with Gasteiger partial charge in [0, 0.05) is 23.3 Å². The van der Waals surface area contributed by atoms with Crippen LogP contribution in [0.4, 0.5) is 5.69 Å². The van der Waals surface area contributed by atoms with Crippen molar-refractivity contribution in [2.75, 3.05) is 6.61 Å². The molecule has 0 fully saturated rings. The number of hydrogen-bond acceptors (Lipinski definition) is 7. The number of fused-ring (bicyclic) bond motifs is 3. The maximum absolute atomic E-state index is 12.5. The van der Waals surface area contributed by atoms with Crippen molar-refractivity contribution in [1.29, 1.82) is 10.5 Å². The minimum atomic E-state index is -1.23. The Labute approximate surface area is 163 Å². The van der Waals surface area contributed by atoms with Crippen LogP contribution in [0.2, 0.25) is 0 Å². The molecule has 9 nitrogen and oxygen atoms in total. The largest absolute Gasteiger partial charge is 0.478 e. The molecular weight excluding hydrogens is 378 g/mol. The van der Waals surface area contributed by atoms with Crippen molar-refractivity contribution in [2.45, 2.75) is 6.92 Å². The van der Waals surface area contributed by atoms with Gasteiger partial charge in [-0.25, -0.2) is 9.59 Å². The van der Waals surface area contributed by atoms with Gasteiger partial charge in [-0.3, -0.25) is 10.1 Å². The van der Waals surface area contributed by atoms with Crippen LogP contribution >= 0.6 is 0 Å². The number of nitro benzene ring substituents is 1. The highest BCUT2D eigenvalue weighted by atomic mass is 16.6. The maximum atomic E-state index is 12.5. The molecule has 0 unspecified atom stereocenters. The van der Waals surface area contributed by atoms with E-state index < -0.39 is 22.5 Å². The van der Waals surface area contributed by atoms with Gasteiger partial charge in [0.15, 0.2) is 0 Å². The number of carboxylic acid groups (broad SMARTS) is 1. The molecule has 2 aromatic rings. The number of benzene rings is 2. The van der Waals surface area contributed by atoms with Crippen LogP contribution in [0.1, 0.15) is 38.8 Å². The molecule has 0 bridgehead atoms. The summed E-state index contributed by atoms with van der Waals surface area (Å²) in [5.74, 6) is -2.03. The summed E-state index contributed by atoms with van der Waals surface area (Å²) in [4.78, 5) is 34.6. The third-order valence-corrected chi connectivity index (χ3v) is 4.38. The molecule has 1 aliphatic carbocycles. The van der Waals surface area contributed by atoms with Crippen molar-refractivity contribution >= 4 is 23.2 Å². The second kappa shape index (κ2) is 7.25. The van der Waals surface area contributed by atoms with Gasteiger partial charge in [0.25, 0.3) is 5.69 Å². The Bertz CT molecular complexity index is 1200. The van der Waals surface area contributed by atoms with Crippen LogP contribution in [0.3, 0.4) is 0 Å². The standard InChI is InChI=1S/C20H11N3O6/c1-2-29-20(26)16-7-12(23(27)28)6-15-17(11(8-21)9-22)14-5-10(19(24)25)3-4-13(14)18(15)16/h3-7H,2H2,1H3,(H,24,25). The Kier molecular flexibility index (Phi) is 4.82. The van der Waals surface area contributed by atoms with Gasteiger partial charge < -0.3 is 9.84 Å². The van der Waals surface area contributed by atoms with Crippen LogP contribution in [0.15, 0.2) is 35.9 Å². The van der Waals surface area contributed by atoms with Crippen molar-refractivity contribution in [3.05, 3.63) is 68.3 Å². The zero-order chi connectivity index (χ0) is 21.3. The van der Waals surface area contributed by atoms with Gasteiger partial charge >= 0.3 is 11.9 Å². The molecular formula is C20H11N3O6. The van der Waals surface area contributed by atoms with E-state index >= 15 is 0 Å². The lowest BCUT2D eigenvalue weighted by Gasteiger charge is -2.09. The zero-order valence-corrected chi connectivity index (χ0v) is 14.9. The van der Waals surface area contributed by atoms with E-state index in [4.69, 9.17) is 4.74 Å². The lowest BCUT2D eigenvalue weighted by Crippen LogP contribution is -2.08. The summed E-state index contributed by atoms with van der Waals surface area (Å²) in [5.41, 5.74) is 0.0231. The number of nitro groups is 1. The van der Waals surface area contributed by atoms with Crippen LogP contribution in [-0.2, 0) is 4.74 Å². The molecule has 3 rings (SSSR count). The highest BCUT2D eigenvalue weighted by molar-refractivity contribution is 6.12. The number of nitrogens with zero attached hydrogens (tertiary/aromatic N) is 3. The second-order valence-electron chi connectivity index (χ2n) is 5.93. The zero-order valence-electron chi connectivity index (χ0n) is 14.9. The van der Waals surface area contributed by atoms with E-state index in [-0.39, 0.29) is 45.6 Å². The molecule has 0 atom stereocenters. The molecule has 0 saturated carbocycles. The maximum Gasteiger partial charge on any atom is 0.339 e. The summed E-state index contributed by atoms with van der Waals surface area (Å²) >= 11 is 0. The van der Waals surface area contributed by atoms with Crippen molar-refractivity contribution < 1.29 is 24.4 Å². The number of rotatable bonds is 4. The number of carbonyl (C=O) groups excluding carboxylic acids is 1. The Hall–Kier alpha value is -4.50. The molecule has 0 heterocycles. The molecule has 29 heavy (non-hydrogen) atoms. The molecule has 0 radical (unpaired) electrons. The Morgan fingerprint density at radius 1 is 1.14 bits per heavy atom. The van der Waals surface area contributed by atoms with Gasteiger partial charge in [-0.15, -0.1) is 0 Å². The number of nitriles is 2. The molecule has 0 spiro atoms. The van der Waals surface area contributed by atoms with Crippen LogP contribution in [0.25, 0.3) is 16.7 Å². The molecule has 1 N–H and O–H groups in total. The Morgan fingerprint density at radius 3 is 2.38 bits per heavy atom. The summed E-state index contributed by atoms with van der Waals surface area (Å²) < 4.78 is 5.01. The smallest absolute Gasteiger partial charge is 0.339 e. The first-order valence-electron chi connectivity index (χ1n) is 8.26. The molecule has 2 aromatic carbocycles. The number of aromatic carboxylic acids is 1. The fourth-order valence-electron chi connectivity index (χ4n) is 3.24. The molecule has 0 saturated heterocycles. The summed E-state index contributed by atoms with van der Waals surface area (Å²) in [6.45, 7) is 1.61. The molecule has 0 amide bonds. The second-order valence-corrected chi connectivity index (χ2v) is 5.93. The van der Waals surface area contributed by atoms with Crippen LogP contribution in [-0.4, -0.2) is 28.6 Å². The van der Waals surface area contributed by atoms with E-state index in [0.717, 1.165) is 12.1 Å². The van der Waals surface area contributed by atoms with Gasteiger partial charge in [0.2, 0.25) is 0 Å². The van der Waals surface area contributed by atoms with Crippen LogP contribution < -0.4 is 0 Å².